The second kappa shape index (κ2) is 5.70. The van der Waals surface area contributed by atoms with Crippen molar-refractivity contribution >= 4 is 5.69 Å². The average Bonchev–Trinajstić information content (AvgIpc) is 3.19. The van der Waals surface area contributed by atoms with Gasteiger partial charge in [0.05, 0.1) is 17.9 Å². The number of rotatable bonds is 4. The third-order valence-corrected chi connectivity index (χ3v) is 3.94. The fraction of sp³-hybridized carbons (Fsp3) is 0.625. The summed E-state index contributed by atoms with van der Waals surface area (Å²) in [5.41, 5.74) is 1.72. The van der Waals surface area contributed by atoms with E-state index in [0.717, 1.165) is 25.2 Å². The van der Waals surface area contributed by atoms with Gasteiger partial charge in [0, 0.05) is 25.7 Å². The SMILES string of the molecule is C[C@@H]1CN(c2ccc(CNC3CC3)cc2F)C[C@H](C)O1. The Morgan fingerprint density at radius 1 is 1.25 bits per heavy atom. The molecule has 110 valence electrons. The van der Waals surface area contributed by atoms with Gasteiger partial charge in [-0.05, 0) is 44.4 Å². The van der Waals surface area contributed by atoms with Crippen molar-refractivity contribution in [2.45, 2.75) is 51.5 Å². The minimum atomic E-state index is -0.124. The Hall–Kier alpha value is -1.13. The molecule has 4 heteroatoms. The van der Waals surface area contributed by atoms with E-state index in [1.165, 1.54) is 12.8 Å². The number of hydrogen-bond acceptors (Lipinski definition) is 3. The second-order valence-electron chi connectivity index (χ2n) is 6.10. The maximum atomic E-state index is 14.3. The molecule has 2 atom stereocenters. The Kier molecular flexibility index (Phi) is 3.94. The summed E-state index contributed by atoms with van der Waals surface area (Å²) >= 11 is 0. The highest BCUT2D eigenvalue weighted by Crippen LogP contribution is 2.25. The lowest BCUT2D eigenvalue weighted by molar-refractivity contribution is -0.00539. The van der Waals surface area contributed by atoms with Crippen molar-refractivity contribution < 1.29 is 9.13 Å². The van der Waals surface area contributed by atoms with Gasteiger partial charge in [0.25, 0.3) is 0 Å². The van der Waals surface area contributed by atoms with Crippen LogP contribution in [-0.4, -0.2) is 31.3 Å². The number of nitrogens with zero attached hydrogens (tertiary/aromatic N) is 1. The normalized spacial score (nSPS) is 26.9. The van der Waals surface area contributed by atoms with E-state index in [9.17, 15) is 4.39 Å². The number of anilines is 1. The number of ether oxygens (including phenoxy) is 1. The average molecular weight is 278 g/mol. The molecule has 20 heavy (non-hydrogen) atoms. The van der Waals surface area contributed by atoms with Crippen molar-refractivity contribution in [2.24, 2.45) is 0 Å². The molecule has 1 saturated heterocycles. The van der Waals surface area contributed by atoms with E-state index in [4.69, 9.17) is 4.74 Å². The van der Waals surface area contributed by atoms with Crippen LogP contribution in [0.15, 0.2) is 18.2 Å². The van der Waals surface area contributed by atoms with Crippen LogP contribution in [0.3, 0.4) is 0 Å². The van der Waals surface area contributed by atoms with Crippen LogP contribution >= 0.6 is 0 Å². The standard InChI is InChI=1S/C16H23FN2O/c1-11-9-19(10-12(2)20-11)16-6-3-13(7-15(16)17)8-18-14-4-5-14/h3,6-7,11-12,14,18H,4-5,8-10H2,1-2H3/t11-,12+. The van der Waals surface area contributed by atoms with Gasteiger partial charge in [0.1, 0.15) is 5.82 Å². The zero-order valence-electron chi connectivity index (χ0n) is 12.2. The Labute approximate surface area is 120 Å². The summed E-state index contributed by atoms with van der Waals surface area (Å²) in [4.78, 5) is 2.09. The van der Waals surface area contributed by atoms with Gasteiger partial charge >= 0.3 is 0 Å². The van der Waals surface area contributed by atoms with Crippen LogP contribution in [0.2, 0.25) is 0 Å². The lowest BCUT2D eigenvalue weighted by Crippen LogP contribution is -2.45. The van der Waals surface area contributed by atoms with Crippen molar-refractivity contribution in [3.05, 3.63) is 29.6 Å². The van der Waals surface area contributed by atoms with Crippen molar-refractivity contribution in [1.29, 1.82) is 0 Å². The predicted octanol–water partition coefficient (Wildman–Crippen LogP) is 2.69. The molecule has 1 aromatic carbocycles. The van der Waals surface area contributed by atoms with E-state index >= 15 is 0 Å². The van der Waals surface area contributed by atoms with E-state index in [1.54, 1.807) is 6.07 Å². The number of benzene rings is 1. The van der Waals surface area contributed by atoms with Crippen LogP contribution in [0.5, 0.6) is 0 Å². The van der Waals surface area contributed by atoms with Gasteiger partial charge < -0.3 is 15.0 Å². The Bertz CT molecular complexity index is 466. The largest absolute Gasteiger partial charge is 0.372 e. The van der Waals surface area contributed by atoms with Crippen LogP contribution in [0.25, 0.3) is 0 Å². The molecule has 0 bridgehead atoms. The zero-order valence-corrected chi connectivity index (χ0v) is 12.2. The first kappa shape index (κ1) is 13.8. The Morgan fingerprint density at radius 3 is 2.55 bits per heavy atom. The van der Waals surface area contributed by atoms with Gasteiger partial charge in [0.15, 0.2) is 0 Å². The molecule has 2 aliphatic rings. The molecule has 0 amide bonds. The summed E-state index contributed by atoms with van der Waals surface area (Å²) in [6.45, 7) is 6.34. The van der Waals surface area contributed by atoms with Crippen molar-refractivity contribution in [1.82, 2.24) is 5.32 Å². The van der Waals surface area contributed by atoms with E-state index in [1.807, 2.05) is 26.0 Å². The van der Waals surface area contributed by atoms with Crippen molar-refractivity contribution in [2.75, 3.05) is 18.0 Å². The lowest BCUT2D eigenvalue weighted by Gasteiger charge is -2.37. The quantitative estimate of drug-likeness (QED) is 0.916. The van der Waals surface area contributed by atoms with Crippen molar-refractivity contribution in [3.63, 3.8) is 0 Å². The molecule has 2 fully saturated rings. The van der Waals surface area contributed by atoms with Crippen LogP contribution in [-0.2, 0) is 11.3 Å². The van der Waals surface area contributed by atoms with E-state index in [-0.39, 0.29) is 18.0 Å². The van der Waals surface area contributed by atoms with E-state index in [2.05, 4.69) is 10.2 Å². The summed E-state index contributed by atoms with van der Waals surface area (Å²) in [7, 11) is 0. The first-order valence-electron chi connectivity index (χ1n) is 7.54. The topological polar surface area (TPSA) is 24.5 Å². The van der Waals surface area contributed by atoms with Gasteiger partial charge in [-0.3, -0.25) is 0 Å². The van der Waals surface area contributed by atoms with Crippen LogP contribution in [0, 0.1) is 5.82 Å². The highest BCUT2D eigenvalue weighted by molar-refractivity contribution is 5.49. The second-order valence-corrected chi connectivity index (χ2v) is 6.10. The van der Waals surface area contributed by atoms with Crippen LogP contribution in [0.1, 0.15) is 32.3 Å². The molecular weight excluding hydrogens is 255 g/mol. The minimum Gasteiger partial charge on any atom is -0.372 e. The third-order valence-electron chi connectivity index (χ3n) is 3.94. The van der Waals surface area contributed by atoms with Gasteiger partial charge in [-0.2, -0.15) is 0 Å². The molecule has 1 aromatic rings. The highest BCUT2D eigenvalue weighted by Gasteiger charge is 2.24. The smallest absolute Gasteiger partial charge is 0.146 e. The van der Waals surface area contributed by atoms with Gasteiger partial charge in [-0.15, -0.1) is 0 Å². The van der Waals surface area contributed by atoms with Gasteiger partial charge in [-0.25, -0.2) is 4.39 Å². The predicted molar refractivity (Wildman–Crippen MR) is 78.5 cm³/mol. The monoisotopic (exact) mass is 278 g/mol. The number of morpholine rings is 1. The maximum absolute atomic E-state index is 14.3. The molecule has 0 spiro atoms. The Balaban J connectivity index is 1.69. The van der Waals surface area contributed by atoms with Crippen LogP contribution < -0.4 is 10.2 Å². The lowest BCUT2D eigenvalue weighted by atomic mass is 10.1. The molecule has 3 rings (SSSR count). The number of nitrogens with one attached hydrogen (secondary N) is 1. The number of hydrogen-bond donors (Lipinski definition) is 1. The molecule has 1 aliphatic carbocycles. The van der Waals surface area contributed by atoms with E-state index in [0.29, 0.717) is 11.7 Å². The van der Waals surface area contributed by atoms with Gasteiger partial charge in [-0.1, -0.05) is 6.07 Å². The minimum absolute atomic E-state index is 0.124. The maximum Gasteiger partial charge on any atom is 0.146 e. The zero-order chi connectivity index (χ0) is 14.1. The molecule has 0 radical (unpaired) electrons. The summed E-state index contributed by atoms with van der Waals surface area (Å²) < 4.78 is 20.0. The molecule has 0 unspecified atom stereocenters. The van der Waals surface area contributed by atoms with E-state index < -0.39 is 0 Å². The summed E-state index contributed by atoms with van der Waals surface area (Å²) in [5.74, 6) is -0.124. The summed E-state index contributed by atoms with van der Waals surface area (Å²) in [5, 5.41) is 3.41. The Morgan fingerprint density at radius 2 is 1.95 bits per heavy atom. The fourth-order valence-electron chi connectivity index (χ4n) is 2.84. The third kappa shape index (κ3) is 3.30. The molecule has 1 heterocycles. The molecule has 1 N–H and O–H groups in total. The highest BCUT2D eigenvalue weighted by atomic mass is 19.1. The molecule has 1 saturated carbocycles. The fourth-order valence-corrected chi connectivity index (χ4v) is 2.84. The van der Waals surface area contributed by atoms with Gasteiger partial charge in [0.2, 0.25) is 0 Å². The molecular formula is C16H23FN2O. The van der Waals surface area contributed by atoms with Crippen LogP contribution in [0.4, 0.5) is 10.1 Å². The molecule has 0 aromatic heterocycles. The molecule has 1 aliphatic heterocycles. The molecule has 3 nitrogen and oxygen atoms in total. The summed E-state index contributed by atoms with van der Waals surface area (Å²) in [6.07, 6.45) is 2.80. The first-order chi connectivity index (χ1) is 9.61. The summed E-state index contributed by atoms with van der Waals surface area (Å²) in [6, 6.07) is 6.25. The first-order valence-corrected chi connectivity index (χ1v) is 7.54. The van der Waals surface area contributed by atoms with Crippen molar-refractivity contribution in [3.8, 4) is 0 Å². The number of halogens is 1.